The molecule has 0 aromatic carbocycles. The summed E-state index contributed by atoms with van der Waals surface area (Å²) in [5, 5.41) is 3.27. The number of hydrogen-bond acceptors (Lipinski definition) is 6. The van der Waals surface area contributed by atoms with Crippen molar-refractivity contribution in [2.45, 2.75) is 96.8 Å². The van der Waals surface area contributed by atoms with Crippen LogP contribution in [0.25, 0.3) is 0 Å². The SMILES string of the molecule is COC(=O)[C@]12C[C@H](CC(=O)NCC34CC5CC(CC(C5)C3)C4)C(=O)N(Cc3ccco3)C1=C[C@H](C(C)C)O[C@@H]2C1CC1. The first kappa shape index (κ1) is 28.2. The second-order valence-corrected chi connectivity index (χ2v) is 14.9. The molecule has 42 heavy (non-hydrogen) atoms. The standard InChI is InChI=1S/C34H46N2O6/c1-20(2)27-13-28-34(32(39)40-3,30(42-27)24-6-7-24)17-25(31(38)36(28)18-26-5-4-8-41-26)12-29(37)35-19-33-14-21-9-22(15-33)11-23(10-21)16-33/h4-5,8,13,20-25,27,30H,6-7,9-12,14-19H2,1-3H3,(H,35,37)/t21?,22?,23?,25-,27+,30+,33?,34+/m0/s1. The highest BCUT2D eigenvalue weighted by atomic mass is 16.5. The van der Waals surface area contributed by atoms with Crippen molar-refractivity contribution < 1.29 is 28.3 Å². The molecule has 1 aromatic heterocycles. The van der Waals surface area contributed by atoms with Crippen LogP contribution in [0.15, 0.2) is 34.6 Å². The van der Waals surface area contributed by atoms with Crippen LogP contribution in [0.2, 0.25) is 0 Å². The molecule has 5 saturated carbocycles. The molecule has 8 heteroatoms. The quantitative estimate of drug-likeness (QED) is 0.403. The maximum atomic E-state index is 14.3. The fourth-order valence-corrected chi connectivity index (χ4v) is 9.86. The van der Waals surface area contributed by atoms with Crippen LogP contribution in [0, 0.1) is 46.3 Å². The van der Waals surface area contributed by atoms with Gasteiger partial charge in [0.2, 0.25) is 11.8 Å². The van der Waals surface area contributed by atoms with Gasteiger partial charge in [-0.15, -0.1) is 0 Å². The van der Waals surface area contributed by atoms with Gasteiger partial charge in [-0.3, -0.25) is 14.4 Å². The van der Waals surface area contributed by atoms with Gasteiger partial charge in [-0.1, -0.05) is 13.8 Å². The molecular weight excluding hydrogens is 532 g/mol. The molecule has 7 aliphatic rings. The number of likely N-dealkylation sites (tertiary alicyclic amines) is 1. The maximum absolute atomic E-state index is 14.3. The van der Waals surface area contributed by atoms with E-state index in [1.807, 2.05) is 12.1 Å². The Morgan fingerprint density at radius 1 is 1.10 bits per heavy atom. The Labute approximate surface area is 248 Å². The Morgan fingerprint density at radius 2 is 1.79 bits per heavy atom. The number of hydrogen-bond donors (Lipinski definition) is 1. The van der Waals surface area contributed by atoms with E-state index in [4.69, 9.17) is 13.9 Å². The number of nitrogens with zero attached hydrogens (tertiary/aromatic N) is 1. The lowest BCUT2D eigenvalue weighted by Crippen LogP contribution is -2.61. The third-order valence-electron chi connectivity index (χ3n) is 11.5. The molecule has 8 nitrogen and oxygen atoms in total. The summed E-state index contributed by atoms with van der Waals surface area (Å²) in [4.78, 5) is 43.5. The third kappa shape index (κ3) is 4.82. The van der Waals surface area contributed by atoms with Crippen molar-refractivity contribution in [1.29, 1.82) is 0 Å². The Hall–Kier alpha value is -2.61. The highest BCUT2D eigenvalue weighted by Crippen LogP contribution is 2.60. The van der Waals surface area contributed by atoms with Gasteiger partial charge in [0.25, 0.3) is 0 Å². The summed E-state index contributed by atoms with van der Waals surface area (Å²) in [7, 11) is 1.41. The van der Waals surface area contributed by atoms with Gasteiger partial charge in [-0.2, -0.15) is 0 Å². The van der Waals surface area contributed by atoms with E-state index in [-0.39, 0.29) is 60.5 Å². The molecule has 4 atom stereocenters. The number of methoxy groups -OCH3 is 1. The molecule has 2 aliphatic heterocycles. The Morgan fingerprint density at radius 3 is 2.36 bits per heavy atom. The van der Waals surface area contributed by atoms with E-state index < -0.39 is 17.4 Å². The minimum atomic E-state index is -1.15. The van der Waals surface area contributed by atoms with Gasteiger partial charge < -0.3 is 24.1 Å². The molecule has 3 heterocycles. The van der Waals surface area contributed by atoms with Crippen molar-refractivity contribution >= 4 is 17.8 Å². The Balaban J connectivity index is 1.17. The molecule has 1 N–H and O–H groups in total. The van der Waals surface area contributed by atoms with Gasteiger partial charge in [-0.05, 0) is 111 Å². The topological polar surface area (TPSA) is 98.1 Å². The van der Waals surface area contributed by atoms with Crippen molar-refractivity contribution in [3.8, 4) is 0 Å². The van der Waals surface area contributed by atoms with E-state index in [0.717, 1.165) is 30.6 Å². The number of amides is 2. The number of carbonyl (C=O) groups is 3. The van der Waals surface area contributed by atoms with Gasteiger partial charge in [-0.25, -0.2) is 0 Å². The predicted octanol–water partition coefficient (Wildman–Crippen LogP) is 5.23. The van der Waals surface area contributed by atoms with Gasteiger partial charge in [0.1, 0.15) is 11.2 Å². The lowest BCUT2D eigenvalue weighted by molar-refractivity contribution is -0.182. The highest BCUT2D eigenvalue weighted by molar-refractivity contribution is 5.92. The number of ether oxygens (including phenoxy) is 2. The summed E-state index contributed by atoms with van der Waals surface area (Å²) in [5.41, 5.74) is -0.273. The van der Waals surface area contributed by atoms with Crippen LogP contribution < -0.4 is 5.32 Å². The van der Waals surface area contributed by atoms with E-state index in [9.17, 15) is 14.4 Å². The van der Waals surface area contributed by atoms with Crippen LogP contribution in [0.3, 0.4) is 0 Å². The first-order chi connectivity index (χ1) is 20.2. The average Bonchev–Trinajstić information content (AvgIpc) is 3.67. The van der Waals surface area contributed by atoms with Crippen LogP contribution in [-0.4, -0.2) is 48.5 Å². The summed E-state index contributed by atoms with van der Waals surface area (Å²) in [5.74, 6) is 2.18. The minimum Gasteiger partial charge on any atom is -0.468 e. The molecule has 1 saturated heterocycles. The molecule has 4 bridgehead atoms. The number of nitrogens with one attached hydrogen (secondary N) is 1. The second-order valence-electron chi connectivity index (χ2n) is 14.9. The van der Waals surface area contributed by atoms with Crippen molar-refractivity contribution in [2.24, 2.45) is 46.3 Å². The molecule has 0 spiro atoms. The summed E-state index contributed by atoms with van der Waals surface area (Å²) in [6.45, 7) is 5.08. The zero-order chi connectivity index (χ0) is 29.2. The van der Waals surface area contributed by atoms with Gasteiger partial charge in [0, 0.05) is 24.6 Å². The third-order valence-corrected chi connectivity index (χ3v) is 11.5. The number of esters is 1. The van der Waals surface area contributed by atoms with Crippen molar-refractivity contribution in [3.63, 3.8) is 0 Å². The Kier molecular flexibility index (Phi) is 7.06. The van der Waals surface area contributed by atoms with Crippen LogP contribution in [0.4, 0.5) is 0 Å². The number of furan rings is 1. The van der Waals surface area contributed by atoms with E-state index >= 15 is 0 Å². The molecule has 1 aromatic rings. The van der Waals surface area contributed by atoms with E-state index in [0.29, 0.717) is 18.0 Å². The summed E-state index contributed by atoms with van der Waals surface area (Å²) < 4.78 is 17.8. The fourth-order valence-electron chi connectivity index (χ4n) is 9.86. The zero-order valence-electron chi connectivity index (χ0n) is 25.3. The number of piperidine rings is 1. The lowest BCUT2D eigenvalue weighted by Gasteiger charge is -2.57. The molecule has 5 aliphatic carbocycles. The van der Waals surface area contributed by atoms with E-state index in [1.54, 1.807) is 17.2 Å². The Bertz CT molecular complexity index is 1210. The maximum Gasteiger partial charge on any atom is 0.320 e. The molecular formula is C34H46N2O6. The molecule has 0 radical (unpaired) electrons. The summed E-state index contributed by atoms with van der Waals surface area (Å²) >= 11 is 0. The number of fused-ring (bicyclic) bond motifs is 1. The normalized spacial score (nSPS) is 38.8. The van der Waals surface area contributed by atoms with Gasteiger partial charge in [0.15, 0.2) is 0 Å². The smallest absolute Gasteiger partial charge is 0.320 e. The summed E-state index contributed by atoms with van der Waals surface area (Å²) in [6.07, 6.45) is 12.9. The first-order valence-electron chi connectivity index (χ1n) is 16.3. The van der Waals surface area contributed by atoms with E-state index in [2.05, 4.69) is 19.2 Å². The number of rotatable bonds is 9. The zero-order valence-corrected chi connectivity index (χ0v) is 25.3. The molecule has 2 amide bonds. The van der Waals surface area contributed by atoms with E-state index in [1.165, 1.54) is 45.6 Å². The average molecular weight is 579 g/mol. The highest BCUT2D eigenvalue weighted by Gasteiger charge is 2.64. The monoisotopic (exact) mass is 578 g/mol. The van der Waals surface area contributed by atoms with Crippen LogP contribution >= 0.6 is 0 Å². The molecule has 6 fully saturated rings. The number of carbonyl (C=O) groups excluding carboxylic acids is 3. The van der Waals surface area contributed by atoms with Crippen LogP contribution in [0.1, 0.15) is 83.8 Å². The summed E-state index contributed by atoms with van der Waals surface area (Å²) in [6, 6.07) is 3.64. The second kappa shape index (κ2) is 10.5. The van der Waals surface area contributed by atoms with Crippen molar-refractivity contribution in [2.75, 3.05) is 13.7 Å². The lowest BCUT2D eigenvalue weighted by atomic mass is 9.49. The predicted molar refractivity (Wildman–Crippen MR) is 154 cm³/mol. The van der Waals surface area contributed by atoms with Crippen molar-refractivity contribution in [3.05, 3.63) is 35.9 Å². The molecule has 228 valence electrons. The molecule has 8 rings (SSSR count). The van der Waals surface area contributed by atoms with Crippen LogP contribution in [-0.2, 0) is 30.4 Å². The largest absolute Gasteiger partial charge is 0.468 e. The van der Waals surface area contributed by atoms with Gasteiger partial charge >= 0.3 is 5.97 Å². The fraction of sp³-hybridized carbons (Fsp3) is 0.735. The minimum absolute atomic E-state index is 0.0525. The van der Waals surface area contributed by atoms with Crippen LogP contribution in [0.5, 0.6) is 0 Å². The van der Waals surface area contributed by atoms with Crippen molar-refractivity contribution in [1.82, 2.24) is 10.2 Å². The first-order valence-corrected chi connectivity index (χ1v) is 16.3. The molecule has 0 unspecified atom stereocenters. The van der Waals surface area contributed by atoms with Gasteiger partial charge in [0.05, 0.1) is 32.1 Å².